The van der Waals surface area contributed by atoms with Gasteiger partial charge in [-0.3, -0.25) is 4.79 Å². The number of hydrogen-bond acceptors (Lipinski definition) is 3. The lowest BCUT2D eigenvalue weighted by molar-refractivity contribution is -0.137. The largest absolute Gasteiger partial charge is 0.458 e. The number of aliphatic hydroxyl groups excluding tert-OH is 1. The summed E-state index contributed by atoms with van der Waals surface area (Å²) in [5.74, 6) is -0.495. The highest BCUT2D eigenvalue weighted by atomic mass is 19.4. The van der Waals surface area contributed by atoms with Crippen LogP contribution in [0.1, 0.15) is 34.2 Å². The van der Waals surface area contributed by atoms with Crippen LogP contribution in [0, 0.1) is 0 Å². The van der Waals surface area contributed by atoms with E-state index in [4.69, 9.17) is 4.42 Å². The van der Waals surface area contributed by atoms with Crippen molar-refractivity contribution >= 4 is 16.9 Å². The number of nitrogens with one attached hydrogen (secondary N) is 1. The quantitative estimate of drug-likeness (QED) is 0.710. The van der Waals surface area contributed by atoms with Gasteiger partial charge in [-0.25, -0.2) is 0 Å². The van der Waals surface area contributed by atoms with Crippen LogP contribution in [0.15, 0.2) is 59.0 Å². The summed E-state index contributed by atoms with van der Waals surface area (Å²) in [6.45, 7) is 0.00321. The molecule has 0 saturated heterocycles. The zero-order chi connectivity index (χ0) is 18.7. The molecule has 0 unspecified atom stereocenters. The molecule has 0 aliphatic rings. The second-order valence-corrected chi connectivity index (χ2v) is 5.79. The smallest absolute Gasteiger partial charge is 0.417 e. The maximum Gasteiger partial charge on any atom is 0.417 e. The van der Waals surface area contributed by atoms with Crippen LogP contribution in [0.5, 0.6) is 0 Å². The van der Waals surface area contributed by atoms with Crippen molar-refractivity contribution in [1.82, 2.24) is 5.32 Å². The molecule has 0 radical (unpaired) electrons. The van der Waals surface area contributed by atoms with E-state index in [0.717, 1.165) is 17.5 Å². The molecule has 0 saturated carbocycles. The number of para-hydroxylation sites is 1. The first-order valence-corrected chi connectivity index (χ1v) is 7.97. The Kier molecular flexibility index (Phi) is 4.99. The van der Waals surface area contributed by atoms with Crippen LogP contribution in [0.2, 0.25) is 0 Å². The van der Waals surface area contributed by atoms with Gasteiger partial charge in [-0.1, -0.05) is 30.3 Å². The van der Waals surface area contributed by atoms with Gasteiger partial charge in [0.15, 0.2) is 0 Å². The number of halogens is 3. The summed E-state index contributed by atoms with van der Waals surface area (Å²) >= 11 is 0. The second kappa shape index (κ2) is 7.21. The topological polar surface area (TPSA) is 62.5 Å². The monoisotopic (exact) mass is 363 g/mol. The number of fused-ring (bicyclic) bond motifs is 1. The van der Waals surface area contributed by atoms with E-state index in [1.54, 1.807) is 18.2 Å². The number of carbonyl (C=O) groups excluding carboxylic acids is 1. The summed E-state index contributed by atoms with van der Waals surface area (Å²) in [5, 5.41) is 13.4. The van der Waals surface area contributed by atoms with E-state index in [1.165, 1.54) is 12.1 Å². The number of benzene rings is 2. The molecule has 0 bridgehead atoms. The molecule has 0 fully saturated rings. The van der Waals surface area contributed by atoms with Gasteiger partial charge in [0.1, 0.15) is 17.4 Å². The number of furan rings is 1. The highest BCUT2D eigenvalue weighted by Crippen LogP contribution is 2.31. The van der Waals surface area contributed by atoms with Crippen molar-refractivity contribution in [2.75, 3.05) is 6.54 Å². The number of rotatable bonds is 5. The molecule has 3 rings (SSSR count). The normalized spacial score (nSPS) is 12.9. The maximum absolute atomic E-state index is 12.9. The summed E-state index contributed by atoms with van der Waals surface area (Å²) in [6.07, 6.45) is -5.47. The second-order valence-electron chi connectivity index (χ2n) is 5.79. The van der Waals surface area contributed by atoms with E-state index in [9.17, 15) is 23.1 Å². The van der Waals surface area contributed by atoms with Crippen LogP contribution >= 0.6 is 0 Å². The Labute approximate surface area is 147 Å². The molecule has 1 heterocycles. The van der Waals surface area contributed by atoms with E-state index in [2.05, 4.69) is 5.32 Å². The van der Waals surface area contributed by atoms with Crippen LogP contribution in [-0.2, 0) is 6.18 Å². The van der Waals surface area contributed by atoms with Crippen molar-refractivity contribution in [3.8, 4) is 0 Å². The standard InChI is InChI=1S/C19H16F3NO3/c20-19(21,22)14-7-3-2-6-13(14)18(25)23-10-9-15(24)17-11-12-5-1-4-8-16(12)26-17/h1-8,11,15,24H,9-10H2,(H,23,25)/t15-/m0/s1. The van der Waals surface area contributed by atoms with Crippen LogP contribution in [0.25, 0.3) is 11.0 Å². The van der Waals surface area contributed by atoms with Gasteiger partial charge in [0.05, 0.1) is 11.1 Å². The molecule has 1 amide bonds. The van der Waals surface area contributed by atoms with Crippen molar-refractivity contribution in [1.29, 1.82) is 0 Å². The molecule has 1 atom stereocenters. The van der Waals surface area contributed by atoms with E-state index in [-0.39, 0.29) is 13.0 Å². The molecule has 136 valence electrons. The number of amides is 1. The van der Waals surface area contributed by atoms with Crippen LogP contribution < -0.4 is 5.32 Å². The Bertz CT molecular complexity index is 885. The van der Waals surface area contributed by atoms with Crippen LogP contribution in [0.4, 0.5) is 13.2 Å². The highest BCUT2D eigenvalue weighted by Gasteiger charge is 2.34. The van der Waals surface area contributed by atoms with E-state index < -0.39 is 29.3 Å². The third-order valence-electron chi connectivity index (χ3n) is 3.95. The Morgan fingerprint density at radius 3 is 2.54 bits per heavy atom. The Balaban J connectivity index is 1.62. The van der Waals surface area contributed by atoms with E-state index >= 15 is 0 Å². The van der Waals surface area contributed by atoms with Gasteiger partial charge >= 0.3 is 6.18 Å². The van der Waals surface area contributed by atoms with Crippen molar-refractivity contribution < 1.29 is 27.5 Å². The summed E-state index contributed by atoms with van der Waals surface area (Å²) < 4.78 is 44.4. The molecule has 7 heteroatoms. The fraction of sp³-hybridized carbons (Fsp3) is 0.211. The van der Waals surface area contributed by atoms with Gasteiger partial charge < -0.3 is 14.8 Å². The molecular formula is C19H16F3NO3. The Morgan fingerprint density at radius 1 is 1.12 bits per heavy atom. The average molecular weight is 363 g/mol. The Morgan fingerprint density at radius 2 is 1.81 bits per heavy atom. The summed E-state index contributed by atoms with van der Waals surface area (Å²) in [6, 6.07) is 13.5. The summed E-state index contributed by atoms with van der Waals surface area (Å²) in [5.41, 5.74) is -0.807. The van der Waals surface area contributed by atoms with E-state index in [0.29, 0.717) is 11.3 Å². The predicted molar refractivity (Wildman–Crippen MR) is 89.6 cm³/mol. The fourth-order valence-corrected chi connectivity index (χ4v) is 2.65. The van der Waals surface area contributed by atoms with Crippen LogP contribution in [-0.4, -0.2) is 17.6 Å². The van der Waals surface area contributed by atoms with Gasteiger partial charge in [0, 0.05) is 11.9 Å². The van der Waals surface area contributed by atoms with Crippen molar-refractivity contribution in [2.24, 2.45) is 0 Å². The van der Waals surface area contributed by atoms with Gasteiger partial charge in [-0.2, -0.15) is 13.2 Å². The van der Waals surface area contributed by atoms with Crippen LogP contribution in [0.3, 0.4) is 0 Å². The number of carbonyl (C=O) groups is 1. The minimum Gasteiger partial charge on any atom is -0.458 e. The molecule has 3 aromatic rings. The molecule has 1 aromatic heterocycles. The minimum absolute atomic E-state index is 0.00321. The third kappa shape index (κ3) is 3.88. The lowest BCUT2D eigenvalue weighted by Crippen LogP contribution is -2.28. The van der Waals surface area contributed by atoms with Crippen molar-refractivity contribution in [3.05, 3.63) is 71.5 Å². The third-order valence-corrected chi connectivity index (χ3v) is 3.95. The van der Waals surface area contributed by atoms with Gasteiger partial charge in [-0.05, 0) is 30.7 Å². The first kappa shape index (κ1) is 18.0. The molecule has 26 heavy (non-hydrogen) atoms. The molecule has 0 spiro atoms. The number of hydrogen-bond donors (Lipinski definition) is 2. The van der Waals surface area contributed by atoms with E-state index in [1.807, 2.05) is 12.1 Å². The number of alkyl halides is 3. The number of aliphatic hydroxyl groups is 1. The molecule has 0 aliphatic carbocycles. The van der Waals surface area contributed by atoms with Gasteiger partial charge in [0.25, 0.3) is 5.91 Å². The lowest BCUT2D eigenvalue weighted by atomic mass is 10.1. The predicted octanol–water partition coefficient (Wildman–Crippen LogP) is 4.31. The molecule has 4 nitrogen and oxygen atoms in total. The SMILES string of the molecule is O=C(NCC[C@H](O)c1cc2ccccc2o1)c1ccccc1C(F)(F)F. The average Bonchev–Trinajstić information content (AvgIpc) is 3.05. The molecule has 2 N–H and O–H groups in total. The Hall–Kier alpha value is -2.80. The fourth-order valence-electron chi connectivity index (χ4n) is 2.65. The highest BCUT2D eigenvalue weighted by molar-refractivity contribution is 5.95. The zero-order valence-corrected chi connectivity index (χ0v) is 13.6. The molecule has 0 aliphatic heterocycles. The summed E-state index contributed by atoms with van der Waals surface area (Å²) in [7, 11) is 0. The zero-order valence-electron chi connectivity index (χ0n) is 13.6. The summed E-state index contributed by atoms with van der Waals surface area (Å²) in [4.78, 5) is 12.1. The van der Waals surface area contributed by atoms with Gasteiger partial charge in [0.2, 0.25) is 0 Å². The van der Waals surface area contributed by atoms with Crippen molar-refractivity contribution in [3.63, 3.8) is 0 Å². The molecule has 2 aromatic carbocycles. The van der Waals surface area contributed by atoms with Crippen molar-refractivity contribution in [2.45, 2.75) is 18.7 Å². The molecular weight excluding hydrogens is 347 g/mol. The minimum atomic E-state index is -4.61. The van der Waals surface area contributed by atoms with Gasteiger partial charge in [-0.15, -0.1) is 0 Å². The first-order valence-electron chi connectivity index (χ1n) is 7.97. The lowest BCUT2D eigenvalue weighted by Gasteiger charge is -2.13. The first-order chi connectivity index (χ1) is 12.4. The maximum atomic E-state index is 12.9.